The minimum Gasteiger partial charge on any atom is -0.304 e. The maximum Gasteiger partial charge on any atom is 0.269 e. The lowest BCUT2D eigenvalue weighted by Gasteiger charge is -2.13. The van der Waals surface area contributed by atoms with E-state index in [0.29, 0.717) is 5.92 Å². The van der Waals surface area contributed by atoms with Crippen LogP contribution in [0.5, 0.6) is 0 Å². The lowest BCUT2D eigenvalue weighted by molar-refractivity contribution is 0.713. The van der Waals surface area contributed by atoms with Crippen LogP contribution in [0.15, 0.2) is 41.2 Å². The van der Waals surface area contributed by atoms with Gasteiger partial charge < -0.3 is 4.57 Å². The molecule has 106 valence electrons. The van der Waals surface area contributed by atoms with E-state index in [9.17, 15) is 4.79 Å². The zero-order chi connectivity index (χ0) is 15.0. The third kappa shape index (κ3) is 2.50. The van der Waals surface area contributed by atoms with Gasteiger partial charge in [-0.25, -0.2) is 0 Å². The molecule has 0 saturated heterocycles. The van der Waals surface area contributed by atoms with E-state index in [2.05, 4.69) is 38.1 Å². The summed E-state index contributed by atoms with van der Waals surface area (Å²) in [4.78, 5) is 12.4. The van der Waals surface area contributed by atoms with Gasteiger partial charge in [-0.15, -0.1) is 0 Å². The summed E-state index contributed by atoms with van der Waals surface area (Å²) in [5.41, 5.74) is 3.30. The Kier molecular flexibility index (Phi) is 3.39. The second-order valence-corrected chi connectivity index (χ2v) is 5.93. The van der Waals surface area contributed by atoms with Gasteiger partial charge in [0, 0.05) is 6.04 Å². The van der Waals surface area contributed by atoms with E-state index in [-0.39, 0.29) is 17.2 Å². The first-order valence-corrected chi connectivity index (χ1v) is 7.38. The minimum absolute atomic E-state index is 0.162. The highest BCUT2D eigenvalue weighted by Crippen LogP contribution is 2.37. The third-order valence-corrected chi connectivity index (χ3v) is 4.02. The number of nitriles is 1. The Morgan fingerprint density at radius 2 is 1.81 bits per heavy atom. The van der Waals surface area contributed by atoms with E-state index >= 15 is 0 Å². The van der Waals surface area contributed by atoms with E-state index in [1.165, 1.54) is 5.56 Å². The first kappa shape index (κ1) is 13.6. The van der Waals surface area contributed by atoms with Crippen LogP contribution in [0.25, 0.3) is 11.3 Å². The topological polar surface area (TPSA) is 45.8 Å². The zero-order valence-electron chi connectivity index (χ0n) is 12.3. The van der Waals surface area contributed by atoms with Crippen molar-refractivity contribution in [1.82, 2.24) is 4.57 Å². The molecule has 0 unspecified atom stereocenters. The van der Waals surface area contributed by atoms with Crippen LogP contribution in [-0.4, -0.2) is 4.57 Å². The fourth-order valence-corrected chi connectivity index (χ4v) is 2.61. The smallest absolute Gasteiger partial charge is 0.269 e. The predicted molar refractivity (Wildman–Crippen MR) is 83.2 cm³/mol. The summed E-state index contributed by atoms with van der Waals surface area (Å²) < 4.78 is 1.79. The van der Waals surface area contributed by atoms with Crippen molar-refractivity contribution in [3.63, 3.8) is 0 Å². The monoisotopic (exact) mass is 278 g/mol. The van der Waals surface area contributed by atoms with Crippen molar-refractivity contribution in [2.75, 3.05) is 0 Å². The average molecular weight is 278 g/mol. The van der Waals surface area contributed by atoms with Crippen molar-refractivity contribution in [1.29, 1.82) is 5.26 Å². The molecule has 0 bridgehead atoms. The van der Waals surface area contributed by atoms with E-state index in [1.807, 2.05) is 12.1 Å². The van der Waals surface area contributed by atoms with Crippen LogP contribution in [0.2, 0.25) is 0 Å². The summed E-state index contributed by atoms with van der Waals surface area (Å²) in [7, 11) is 0. The van der Waals surface area contributed by atoms with Crippen LogP contribution in [0.1, 0.15) is 49.8 Å². The molecule has 0 N–H and O–H groups in total. The molecule has 0 aliphatic heterocycles. The van der Waals surface area contributed by atoms with Crippen LogP contribution in [0.3, 0.4) is 0 Å². The van der Waals surface area contributed by atoms with Crippen LogP contribution < -0.4 is 5.56 Å². The summed E-state index contributed by atoms with van der Waals surface area (Å²) in [6.07, 6.45) is 2.04. The molecule has 0 amide bonds. The van der Waals surface area contributed by atoms with E-state index in [0.717, 1.165) is 24.1 Å². The first-order valence-electron chi connectivity index (χ1n) is 7.38. The highest BCUT2D eigenvalue weighted by atomic mass is 16.1. The van der Waals surface area contributed by atoms with E-state index in [4.69, 9.17) is 5.26 Å². The van der Waals surface area contributed by atoms with Crippen molar-refractivity contribution < 1.29 is 0 Å². The lowest BCUT2D eigenvalue weighted by Crippen LogP contribution is -2.23. The highest BCUT2D eigenvalue weighted by Gasteiger charge is 2.27. The molecule has 3 nitrogen and oxygen atoms in total. The minimum atomic E-state index is -0.162. The highest BCUT2D eigenvalue weighted by molar-refractivity contribution is 5.61. The molecule has 0 atom stereocenters. The van der Waals surface area contributed by atoms with Gasteiger partial charge in [0.2, 0.25) is 0 Å². The number of nitrogens with zero attached hydrogens (tertiary/aromatic N) is 2. The van der Waals surface area contributed by atoms with Gasteiger partial charge in [-0.05, 0) is 42.0 Å². The van der Waals surface area contributed by atoms with Gasteiger partial charge in [0.1, 0.15) is 11.6 Å². The molecule has 1 aromatic carbocycles. The SMILES string of the molecule is CC(C)c1ccc(-c2ccc(C#N)c(=O)n2C2CC2)cc1. The zero-order valence-corrected chi connectivity index (χ0v) is 12.3. The molecule has 21 heavy (non-hydrogen) atoms. The molecular formula is C18H18N2O. The molecule has 1 aliphatic rings. The second-order valence-electron chi connectivity index (χ2n) is 5.93. The average Bonchev–Trinajstić information content (AvgIpc) is 3.31. The maximum absolute atomic E-state index is 12.4. The molecule has 2 aromatic rings. The fraction of sp³-hybridized carbons (Fsp3) is 0.333. The molecule has 0 spiro atoms. The Morgan fingerprint density at radius 3 is 2.33 bits per heavy atom. The van der Waals surface area contributed by atoms with E-state index < -0.39 is 0 Å². The summed E-state index contributed by atoms with van der Waals surface area (Å²) >= 11 is 0. The van der Waals surface area contributed by atoms with Gasteiger partial charge in [0.15, 0.2) is 0 Å². The van der Waals surface area contributed by atoms with Crippen molar-refractivity contribution >= 4 is 0 Å². The largest absolute Gasteiger partial charge is 0.304 e. The normalized spacial score (nSPS) is 14.2. The Morgan fingerprint density at radius 1 is 1.14 bits per heavy atom. The van der Waals surface area contributed by atoms with Crippen LogP contribution in [0, 0.1) is 11.3 Å². The Labute approximate surface area is 124 Å². The summed E-state index contributed by atoms with van der Waals surface area (Å²) in [6, 6.07) is 14.1. The Hall–Kier alpha value is -2.34. The van der Waals surface area contributed by atoms with Crippen molar-refractivity contribution in [2.45, 2.75) is 38.6 Å². The molecule has 0 radical (unpaired) electrons. The quantitative estimate of drug-likeness (QED) is 0.856. The summed E-state index contributed by atoms with van der Waals surface area (Å²) in [6.45, 7) is 4.33. The molecule has 1 fully saturated rings. The number of benzene rings is 1. The van der Waals surface area contributed by atoms with Gasteiger partial charge >= 0.3 is 0 Å². The molecule has 1 aromatic heterocycles. The van der Waals surface area contributed by atoms with Gasteiger partial charge in [0.05, 0.1) is 5.69 Å². The van der Waals surface area contributed by atoms with Gasteiger partial charge in [-0.2, -0.15) is 5.26 Å². The molecule has 1 aliphatic carbocycles. The molecule has 3 heteroatoms. The molecular weight excluding hydrogens is 260 g/mol. The second kappa shape index (κ2) is 5.21. The van der Waals surface area contributed by atoms with Crippen molar-refractivity contribution in [3.05, 3.63) is 57.9 Å². The van der Waals surface area contributed by atoms with Crippen molar-refractivity contribution in [2.24, 2.45) is 0 Å². The summed E-state index contributed by atoms with van der Waals surface area (Å²) in [5.74, 6) is 0.491. The van der Waals surface area contributed by atoms with Crippen LogP contribution in [0.4, 0.5) is 0 Å². The van der Waals surface area contributed by atoms with Crippen molar-refractivity contribution in [3.8, 4) is 17.3 Å². The number of pyridine rings is 1. The molecule has 3 rings (SSSR count). The Balaban J connectivity index is 2.12. The lowest BCUT2D eigenvalue weighted by atomic mass is 10.0. The molecule has 1 saturated carbocycles. The number of aromatic nitrogens is 1. The standard InChI is InChI=1S/C18H18N2O/c1-12(2)13-3-5-14(6-4-13)17-10-7-15(11-19)18(21)20(17)16-8-9-16/h3-7,10,12,16H,8-9H2,1-2H3. The molecule has 1 heterocycles. The number of rotatable bonds is 3. The van der Waals surface area contributed by atoms with Gasteiger partial charge in [-0.1, -0.05) is 38.1 Å². The number of hydrogen-bond donors (Lipinski definition) is 0. The first-order chi connectivity index (χ1) is 10.1. The van der Waals surface area contributed by atoms with Gasteiger partial charge in [-0.3, -0.25) is 4.79 Å². The third-order valence-electron chi connectivity index (χ3n) is 4.02. The predicted octanol–water partition coefficient (Wildman–Crippen LogP) is 3.85. The maximum atomic E-state index is 12.4. The fourth-order valence-electron chi connectivity index (χ4n) is 2.61. The van der Waals surface area contributed by atoms with Gasteiger partial charge in [0.25, 0.3) is 5.56 Å². The van der Waals surface area contributed by atoms with E-state index in [1.54, 1.807) is 10.6 Å². The Bertz CT molecular complexity index is 759. The number of hydrogen-bond acceptors (Lipinski definition) is 2. The summed E-state index contributed by atoms with van der Waals surface area (Å²) in [5, 5.41) is 9.04. The van der Waals surface area contributed by atoms with Crippen LogP contribution in [-0.2, 0) is 0 Å². The van der Waals surface area contributed by atoms with Crippen LogP contribution >= 0.6 is 0 Å².